The molecule has 0 fully saturated rings. The van der Waals surface area contributed by atoms with Crippen LogP contribution in [0.5, 0.6) is 0 Å². The molecule has 2 aromatic rings. The lowest BCUT2D eigenvalue weighted by Gasteiger charge is -2.14. The molecule has 0 saturated carbocycles. The topological polar surface area (TPSA) is 59.1 Å². The van der Waals surface area contributed by atoms with Crippen molar-refractivity contribution in [1.82, 2.24) is 9.97 Å². The molecule has 0 aliphatic carbocycles. The molecule has 1 heterocycles. The lowest BCUT2D eigenvalue weighted by molar-refractivity contribution is 0.210. The van der Waals surface area contributed by atoms with Gasteiger partial charge in [0.05, 0.1) is 6.61 Å². The van der Waals surface area contributed by atoms with Gasteiger partial charge in [0, 0.05) is 25.4 Å². The summed E-state index contributed by atoms with van der Waals surface area (Å²) in [5.74, 6) is 1.56. The quantitative estimate of drug-likeness (QED) is 0.799. The Balaban J connectivity index is 2.15. The Morgan fingerprint density at radius 1 is 1.00 bits per heavy atom. The van der Waals surface area contributed by atoms with Crippen molar-refractivity contribution in [3.8, 4) is 0 Å². The SMILES string of the molecule is COCCNc1cc(Nc2c(C)cc(C)cc2C)ncn1. The number of hydrogen-bond acceptors (Lipinski definition) is 5. The highest BCUT2D eigenvalue weighted by molar-refractivity contribution is 5.66. The monoisotopic (exact) mass is 286 g/mol. The summed E-state index contributed by atoms with van der Waals surface area (Å²) in [6.45, 7) is 7.66. The van der Waals surface area contributed by atoms with E-state index in [0.717, 1.165) is 23.9 Å². The van der Waals surface area contributed by atoms with Crippen molar-refractivity contribution >= 4 is 17.3 Å². The standard InChI is InChI=1S/C16H22N4O/c1-11-7-12(2)16(13(3)8-11)20-15-9-14(18-10-19-15)17-5-6-21-4/h7-10H,5-6H2,1-4H3,(H2,17,18,19,20). The Morgan fingerprint density at radius 3 is 2.33 bits per heavy atom. The van der Waals surface area contributed by atoms with Gasteiger partial charge in [-0.1, -0.05) is 17.7 Å². The van der Waals surface area contributed by atoms with Gasteiger partial charge in [0.15, 0.2) is 0 Å². The van der Waals surface area contributed by atoms with Crippen LogP contribution in [-0.4, -0.2) is 30.2 Å². The van der Waals surface area contributed by atoms with Crippen LogP contribution in [0.25, 0.3) is 0 Å². The average Bonchev–Trinajstić information content (AvgIpc) is 2.44. The number of nitrogens with zero attached hydrogens (tertiary/aromatic N) is 2. The zero-order valence-electron chi connectivity index (χ0n) is 13.0. The van der Waals surface area contributed by atoms with Crippen molar-refractivity contribution < 1.29 is 4.74 Å². The molecule has 0 aliphatic heterocycles. The van der Waals surface area contributed by atoms with Gasteiger partial charge >= 0.3 is 0 Å². The Labute approximate surface area is 125 Å². The molecule has 0 aliphatic rings. The molecule has 0 bridgehead atoms. The van der Waals surface area contributed by atoms with E-state index in [2.05, 4.69) is 53.5 Å². The zero-order valence-corrected chi connectivity index (χ0v) is 13.0. The van der Waals surface area contributed by atoms with Crippen LogP contribution in [0.15, 0.2) is 24.5 Å². The maximum atomic E-state index is 5.01. The van der Waals surface area contributed by atoms with E-state index in [1.54, 1.807) is 13.4 Å². The first-order valence-electron chi connectivity index (χ1n) is 7.00. The number of aryl methyl sites for hydroxylation is 3. The molecule has 0 atom stereocenters. The van der Waals surface area contributed by atoms with Crippen molar-refractivity contribution in [2.24, 2.45) is 0 Å². The van der Waals surface area contributed by atoms with E-state index in [1.807, 2.05) is 6.07 Å². The van der Waals surface area contributed by atoms with Crippen LogP contribution in [-0.2, 0) is 4.74 Å². The Kier molecular flexibility index (Phi) is 5.11. The van der Waals surface area contributed by atoms with E-state index >= 15 is 0 Å². The molecule has 0 amide bonds. The Morgan fingerprint density at radius 2 is 1.67 bits per heavy atom. The van der Waals surface area contributed by atoms with Crippen molar-refractivity contribution in [2.75, 3.05) is 30.9 Å². The van der Waals surface area contributed by atoms with E-state index in [0.29, 0.717) is 6.61 Å². The molecule has 1 aromatic heterocycles. The minimum Gasteiger partial charge on any atom is -0.383 e. The van der Waals surface area contributed by atoms with Crippen molar-refractivity contribution in [3.05, 3.63) is 41.2 Å². The highest BCUT2D eigenvalue weighted by Crippen LogP contribution is 2.25. The molecule has 0 saturated heterocycles. The largest absolute Gasteiger partial charge is 0.383 e. The van der Waals surface area contributed by atoms with E-state index in [4.69, 9.17) is 4.74 Å². The first-order valence-corrected chi connectivity index (χ1v) is 7.00. The zero-order chi connectivity index (χ0) is 15.2. The predicted molar refractivity (Wildman–Crippen MR) is 86.3 cm³/mol. The fraction of sp³-hybridized carbons (Fsp3) is 0.375. The summed E-state index contributed by atoms with van der Waals surface area (Å²) in [7, 11) is 1.68. The van der Waals surface area contributed by atoms with Crippen molar-refractivity contribution in [2.45, 2.75) is 20.8 Å². The summed E-state index contributed by atoms with van der Waals surface area (Å²) in [5.41, 5.74) is 4.78. The number of methoxy groups -OCH3 is 1. The Hall–Kier alpha value is -2.14. The lowest BCUT2D eigenvalue weighted by Crippen LogP contribution is -2.09. The van der Waals surface area contributed by atoms with Gasteiger partial charge in [-0.3, -0.25) is 0 Å². The fourth-order valence-electron chi connectivity index (χ4n) is 2.31. The van der Waals surface area contributed by atoms with Crippen LogP contribution < -0.4 is 10.6 Å². The summed E-state index contributed by atoms with van der Waals surface area (Å²) < 4.78 is 5.01. The minimum absolute atomic E-state index is 0.642. The highest BCUT2D eigenvalue weighted by Gasteiger charge is 2.06. The predicted octanol–water partition coefficient (Wildman–Crippen LogP) is 3.20. The number of hydrogen-bond donors (Lipinski definition) is 2. The summed E-state index contributed by atoms with van der Waals surface area (Å²) >= 11 is 0. The van der Waals surface area contributed by atoms with Crippen LogP contribution in [0.4, 0.5) is 17.3 Å². The molecule has 0 unspecified atom stereocenters. The van der Waals surface area contributed by atoms with Gasteiger partial charge < -0.3 is 15.4 Å². The van der Waals surface area contributed by atoms with E-state index in [9.17, 15) is 0 Å². The molecule has 0 spiro atoms. The molecule has 2 N–H and O–H groups in total. The number of ether oxygens (including phenoxy) is 1. The first kappa shape index (κ1) is 15.3. The van der Waals surface area contributed by atoms with Gasteiger partial charge in [0.1, 0.15) is 18.0 Å². The second-order valence-corrected chi connectivity index (χ2v) is 5.11. The van der Waals surface area contributed by atoms with Gasteiger partial charge in [0.2, 0.25) is 0 Å². The summed E-state index contributed by atoms with van der Waals surface area (Å²) in [6, 6.07) is 6.22. The van der Waals surface area contributed by atoms with Crippen LogP contribution in [0.2, 0.25) is 0 Å². The minimum atomic E-state index is 0.642. The maximum absolute atomic E-state index is 5.01. The normalized spacial score (nSPS) is 10.5. The molecule has 21 heavy (non-hydrogen) atoms. The van der Waals surface area contributed by atoms with Gasteiger partial charge in [0.25, 0.3) is 0 Å². The number of anilines is 3. The number of nitrogens with one attached hydrogen (secondary N) is 2. The van der Waals surface area contributed by atoms with E-state index < -0.39 is 0 Å². The third kappa shape index (κ3) is 4.16. The third-order valence-electron chi connectivity index (χ3n) is 3.21. The van der Waals surface area contributed by atoms with Crippen LogP contribution >= 0.6 is 0 Å². The second-order valence-electron chi connectivity index (χ2n) is 5.11. The Bertz CT molecular complexity index is 590. The molecule has 112 valence electrons. The van der Waals surface area contributed by atoms with E-state index in [-0.39, 0.29) is 0 Å². The van der Waals surface area contributed by atoms with Crippen LogP contribution in [0.1, 0.15) is 16.7 Å². The second kappa shape index (κ2) is 7.04. The lowest BCUT2D eigenvalue weighted by atomic mass is 10.1. The van der Waals surface area contributed by atoms with Gasteiger partial charge in [-0.05, 0) is 31.9 Å². The fourth-order valence-corrected chi connectivity index (χ4v) is 2.31. The van der Waals surface area contributed by atoms with Gasteiger partial charge in [-0.25, -0.2) is 9.97 Å². The number of benzene rings is 1. The smallest absolute Gasteiger partial charge is 0.135 e. The van der Waals surface area contributed by atoms with Crippen LogP contribution in [0.3, 0.4) is 0 Å². The molecule has 0 radical (unpaired) electrons. The summed E-state index contributed by atoms with van der Waals surface area (Å²) in [5, 5.41) is 6.57. The van der Waals surface area contributed by atoms with Crippen molar-refractivity contribution in [1.29, 1.82) is 0 Å². The van der Waals surface area contributed by atoms with Crippen LogP contribution in [0, 0.1) is 20.8 Å². The van der Waals surface area contributed by atoms with Gasteiger partial charge in [-0.2, -0.15) is 0 Å². The molecule has 5 nitrogen and oxygen atoms in total. The number of rotatable bonds is 6. The summed E-state index contributed by atoms with van der Waals surface area (Å²) in [4.78, 5) is 8.47. The van der Waals surface area contributed by atoms with Crippen molar-refractivity contribution in [3.63, 3.8) is 0 Å². The van der Waals surface area contributed by atoms with Gasteiger partial charge in [-0.15, -0.1) is 0 Å². The third-order valence-corrected chi connectivity index (χ3v) is 3.21. The molecular weight excluding hydrogens is 264 g/mol. The number of aromatic nitrogens is 2. The van der Waals surface area contributed by atoms with E-state index in [1.165, 1.54) is 16.7 Å². The molecular formula is C16H22N4O. The maximum Gasteiger partial charge on any atom is 0.135 e. The molecule has 2 rings (SSSR count). The highest BCUT2D eigenvalue weighted by atomic mass is 16.5. The molecule has 5 heteroatoms. The summed E-state index contributed by atoms with van der Waals surface area (Å²) in [6.07, 6.45) is 1.55. The average molecular weight is 286 g/mol. The molecule has 1 aromatic carbocycles. The first-order chi connectivity index (χ1) is 10.1.